The number of aromatic nitrogens is 1. The summed E-state index contributed by atoms with van der Waals surface area (Å²) >= 11 is 0. The van der Waals surface area contributed by atoms with E-state index in [4.69, 9.17) is 0 Å². The molecule has 0 bridgehead atoms. The van der Waals surface area contributed by atoms with Gasteiger partial charge in [0, 0.05) is 12.2 Å². The number of nitrogens with one attached hydrogen (secondary N) is 1. The molecule has 0 aromatic carbocycles. The maximum atomic E-state index is 4.50. The first-order valence-corrected chi connectivity index (χ1v) is 5.07. The summed E-state index contributed by atoms with van der Waals surface area (Å²) in [5.74, 6) is 1.11. The third-order valence-corrected chi connectivity index (χ3v) is 2.53. The van der Waals surface area contributed by atoms with Crippen LogP contribution >= 0.6 is 0 Å². The van der Waals surface area contributed by atoms with Crippen LogP contribution in [0.1, 0.15) is 30.5 Å². The Kier molecular flexibility index (Phi) is 2.48. The molecule has 2 rings (SSSR count). The number of pyridine rings is 1. The molecule has 0 aliphatic carbocycles. The standard InChI is InChI=1S/C11H16N2/c1-9-6-7-10-5-3-2-4-8-12-11(10)13-9/h6-7H,2-5,8H2,1H3,(H,12,13). The fraction of sp³-hybridized carbons (Fsp3) is 0.545. The quantitative estimate of drug-likeness (QED) is 0.657. The van der Waals surface area contributed by atoms with Crippen molar-refractivity contribution in [3.05, 3.63) is 23.4 Å². The first-order valence-electron chi connectivity index (χ1n) is 5.07. The van der Waals surface area contributed by atoms with Gasteiger partial charge in [-0.1, -0.05) is 12.5 Å². The molecule has 2 heterocycles. The Morgan fingerprint density at radius 1 is 1.23 bits per heavy atom. The molecule has 0 radical (unpaired) electrons. The lowest BCUT2D eigenvalue weighted by atomic mass is 10.1. The van der Waals surface area contributed by atoms with Crippen molar-refractivity contribution in [2.45, 2.75) is 32.6 Å². The van der Waals surface area contributed by atoms with Gasteiger partial charge in [-0.3, -0.25) is 0 Å². The SMILES string of the molecule is Cc1ccc2c(n1)NCCCCC2. The van der Waals surface area contributed by atoms with Crippen molar-refractivity contribution in [1.29, 1.82) is 0 Å². The number of hydrogen-bond donors (Lipinski definition) is 1. The number of fused-ring (bicyclic) bond motifs is 1. The zero-order valence-corrected chi connectivity index (χ0v) is 8.14. The molecule has 1 aromatic heterocycles. The van der Waals surface area contributed by atoms with Gasteiger partial charge < -0.3 is 5.32 Å². The van der Waals surface area contributed by atoms with Crippen LogP contribution in [0, 0.1) is 6.92 Å². The van der Waals surface area contributed by atoms with Crippen molar-refractivity contribution >= 4 is 5.82 Å². The highest BCUT2D eigenvalue weighted by Crippen LogP contribution is 2.18. The predicted octanol–water partition coefficient (Wildman–Crippen LogP) is 2.53. The van der Waals surface area contributed by atoms with Crippen molar-refractivity contribution < 1.29 is 0 Å². The number of aryl methyl sites for hydroxylation is 2. The molecule has 2 nitrogen and oxygen atoms in total. The molecule has 0 saturated carbocycles. The van der Waals surface area contributed by atoms with Gasteiger partial charge in [-0.15, -0.1) is 0 Å². The van der Waals surface area contributed by atoms with E-state index in [9.17, 15) is 0 Å². The smallest absolute Gasteiger partial charge is 0.129 e. The van der Waals surface area contributed by atoms with Crippen molar-refractivity contribution in [3.63, 3.8) is 0 Å². The molecule has 13 heavy (non-hydrogen) atoms. The monoisotopic (exact) mass is 176 g/mol. The zero-order chi connectivity index (χ0) is 9.10. The molecular formula is C11H16N2. The normalized spacial score (nSPS) is 16.7. The highest BCUT2D eigenvalue weighted by Gasteiger charge is 2.06. The molecule has 2 heteroatoms. The maximum absolute atomic E-state index is 4.50. The molecule has 0 saturated heterocycles. The fourth-order valence-electron chi connectivity index (χ4n) is 1.76. The van der Waals surface area contributed by atoms with Gasteiger partial charge in [0.05, 0.1) is 0 Å². The molecule has 0 amide bonds. The third-order valence-electron chi connectivity index (χ3n) is 2.53. The first kappa shape index (κ1) is 8.54. The van der Waals surface area contributed by atoms with Crippen LogP contribution in [-0.4, -0.2) is 11.5 Å². The Morgan fingerprint density at radius 2 is 2.15 bits per heavy atom. The molecule has 0 fully saturated rings. The molecule has 1 aromatic rings. The van der Waals surface area contributed by atoms with Crippen LogP contribution in [0.25, 0.3) is 0 Å². The van der Waals surface area contributed by atoms with E-state index in [2.05, 4.69) is 22.4 Å². The van der Waals surface area contributed by atoms with E-state index in [1.165, 1.54) is 31.2 Å². The van der Waals surface area contributed by atoms with Crippen LogP contribution in [0.15, 0.2) is 12.1 Å². The summed E-state index contributed by atoms with van der Waals surface area (Å²) in [6.07, 6.45) is 5.09. The Morgan fingerprint density at radius 3 is 3.08 bits per heavy atom. The number of hydrogen-bond acceptors (Lipinski definition) is 2. The lowest BCUT2D eigenvalue weighted by Gasteiger charge is -2.14. The van der Waals surface area contributed by atoms with E-state index < -0.39 is 0 Å². The van der Waals surface area contributed by atoms with Crippen molar-refractivity contribution in [2.24, 2.45) is 0 Å². The van der Waals surface area contributed by atoms with E-state index in [-0.39, 0.29) is 0 Å². The second kappa shape index (κ2) is 3.77. The molecule has 70 valence electrons. The number of rotatable bonds is 0. The van der Waals surface area contributed by atoms with Crippen LogP contribution in [-0.2, 0) is 6.42 Å². The Labute approximate surface area is 79.4 Å². The summed E-state index contributed by atoms with van der Waals surface area (Å²) in [5.41, 5.74) is 2.48. The van der Waals surface area contributed by atoms with Crippen LogP contribution < -0.4 is 5.32 Å². The first-order chi connectivity index (χ1) is 6.36. The summed E-state index contributed by atoms with van der Waals surface area (Å²) in [4.78, 5) is 4.50. The average Bonchev–Trinajstić information content (AvgIpc) is 2.08. The third kappa shape index (κ3) is 2.00. The number of nitrogens with zero attached hydrogens (tertiary/aromatic N) is 1. The van der Waals surface area contributed by atoms with Gasteiger partial charge >= 0.3 is 0 Å². The largest absolute Gasteiger partial charge is 0.370 e. The van der Waals surface area contributed by atoms with Gasteiger partial charge in [0.2, 0.25) is 0 Å². The highest BCUT2D eigenvalue weighted by molar-refractivity contribution is 5.45. The molecule has 1 aliphatic heterocycles. The molecule has 1 N–H and O–H groups in total. The van der Waals surface area contributed by atoms with E-state index >= 15 is 0 Å². The topological polar surface area (TPSA) is 24.9 Å². The second-order valence-electron chi connectivity index (χ2n) is 3.70. The van der Waals surface area contributed by atoms with Crippen molar-refractivity contribution in [1.82, 2.24) is 4.98 Å². The van der Waals surface area contributed by atoms with Crippen molar-refractivity contribution in [3.8, 4) is 0 Å². The lowest BCUT2D eigenvalue weighted by molar-refractivity contribution is 0.682. The molecular weight excluding hydrogens is 160 g/mol. The predicted molar refractivity (Wildman–Crippen MR) is 55.0 cm³/mol. The van der Waals surface area contributed by atoms with Gasteiger partial charge in [-0.25, -0.2) is 4.98 Å². The van der Waals surface area contributed by atoms with E-state index in [0.29, 0.717) is 0 Å². The van der Waals surface area contributed by atoms with Gasteiger partial charge in [0.15, 0.2) is 0 Å². The lowest BCUT2D eigenvalue weighted by Crippen LogP contribution is -2.09. The zero-order valence-electron chi connectivity index (χ0n) is 8.14. The summed E-state index contributed by atoms with van der Waals surface area (Å²) < 4.78 is 0. The minimum absolute atomic E-state index is 1.07. The minimum atomic E-state index is 1.07. The summed E-state index contributed by atoms with van der Waals surface area (Å²) in [6.45, 7) is 3.12. The maximum Gasteiger partial charge on any atom is 0.129 e. The van der Waals surface area contributed by atoms with Crippen LogP contribution in [0.3, 0.4) is 0 Å². The van der Waals surface area contributed by atoms with E-state index in [1.807, 2.05) is 6.92 Å². The second-order valence-corrected chi connectivity index (χ2v) is 3.70. The molecule has 0 spiro atoms. The molecule has 0 unspecified atom stereocenters. The Bertz CT molecular complexity index is 294. The summed E-state index contributed by atoms with van der Waals surface area (Å²) in [5, 5.41) is 3.39. The Hall–Kier alpha value is -1.05. The summed E-state index contributed by atoms with van der Waals surface area (Å²) in [7, 11) is 0. The fourth-order valence-corrected chi connectivity index (χ4v) is 1.76. The highest BCUT2D eigenvalue weighted by atomic mass is 15.0. The van der Waals surface area contributed by atoms with Crippen molar-refractivity contribution in [2.75, 3.05) is 11.9 Å². The van der Waals surface area contributed by atoms with Crippen LogP contribution in [0.2, 0.25) is 0 Å². The van der Waals surface area contributed by atoms with Gasteiger partial charge in [0.25, 0.3) is 0 Å². The van der Waals surface area contributed by atoms with Crippen LogP contribution in [0.5, 0.6) is 0 Å². The average molecular weight is 176 g/mol. The minimum Gasteiger partial charge on any atom is -0.370 e. The van der Waals surface area contributed by atoms with Gasteiger partial charge in [-0.2, -0.15) is 0 Å². The number of anilines is 1. The van der Waals surface area contributed by atoms with E-state index in [0.717, 1.165) is 18.1 Å². The van der Waals surface area contributed by atoms with Gasteiger partial charge in [0.1, 0.15) is 5.82 Å². The van der Waals surface area contributed by atoms with Crippen LogP contribution in [0.4, 0.5) is 5.82 Å². The van der Waals surface area contributed by atoms with E-state index in [1.54, 1.807) is 0 Å². The van der Waals surface area contributed by atoms with Gasteiger partial charge in [-0.05, 0) is 37.8 Å². The summed E-state index contributed by atoms with van der Waals surface area (Å²) in [6, 6.07) is 4.30. The Balaban J connectivity index is 2.28. The molecule has 1 aliphatic rings. The molecule has 0 atom stereocenters.